The monoisotopic (exact) mass is 375 g/mol. The number of carbonyl (C=O) groups is 1. The number of nitrogens with zero attached hydrogens (tertiary/aromatic N) is 1. The average Bonchev–Trinajstić information content (AvgIpc) is 2.42. The summed E-state index contributed by atoms with van der Waals surface area (Å²) in [4.78, 5) is 13.7. The summed E-state index contributed by atoms with van der Waals surface area (Å²) >= 11 is 2.12. The second kappa shape index (κ2) is 5.90. The smallest absolute Gasteiger partial charge is 0.240 e. The highest BCUT2D eigenvalue weighted by Crippen LogP contribution is 2.31. The third kappa shape index (κ3) is 2.75. The van der Waals surface area contributed by atoms with Gasteiger partial charge < -0.3 is 9.64 Å². The number of hydrogen-bond donors (Lipinski definition) is 0. The molecule has 0 fully saturated rings. The van der Waals surface area contributed by atoms with Gasteiger partial charge in [0.05, 0.1) is 11.0 Å². The van der Waals surface area contributed by atoms with Crippen molar-refractivity contribution in [3.05, 3.63) is 35.7 Å². The van der Waals surface area contributed by atoms with E-state index in [9.17, 15) is 9.18 Å². The third-order valence-corrected chi connectivity index (χ3v) is 4.15. The van der Waals surface area contributed by atoms with Gasteiger partial charge in [-0.2, -0.15) is 0 Å². The van der Waals surface area contributed by atoms with Crippen LogP contribution >= 0.6 is 22.6 Å². The van der Waals surface area contributed by atoms with E-state index in [0.717, 1.165) is 0 Å². The first kappa shape index (κ1) is 14.3. The van der Waals surface area contributed by atoms with Crippen molar-refractivity contribution < 1.29 is 13.9 Å². The number of allylic oxidation sites excluding steroid dienone is 1. The van der Waals surface area contributed by atoms with Gasteiger partial charge in [-0.05, 0) is 25.5 Å². The minimum absolute atomic E-state index is 0.0378. The SMILES string of the molecule is CCN1C(=O)C(I)CC=C1c1ccc(OC)cc1F. The van der Waals surface area contributed by atoms with Gasteiger partial charge in [-0.3, -0.25) is 4.79 Å². The number of amides is 1. The molecule has 3 nitrogen and oxygen atoms in total. The van der Waals surface area contributed by atoms with Gasteiger partial charge in [0, 0.05) is 23.9 Å². The second-order valence-corrected chi connectivity index (χ2v) is 5.72. The van der Waals surface area contributed by atoms with Crippen molar-refractivity contribution >= 4 is 34.2 Å². The van der Waals surface area contributed by atoms with Crippen LogP contribution in [0.25, 0.3) is 5.70 Å². The van der Waals surface area contributed by atoms with E-state index in [0.29, 0.717) is 30.0 Å². The molecule has 0 spiro atoms. The quantitative estimate of drug-likeness (QED) is 0.600. The van der Waals surface area contributed by atoms with Gasteiger partial charge in [0.15, 0.2) is 0 Å². The van der Waals surface area contributed by atoms with E-state index in [1.165, 1.54) is 13.2 Å². The van der Waals surface area contributed by atoms with E-state index in [1.807, 2.05) is 13.0 Å². The Morgan fingerprint density at radius 1 is 1.53 bits per heavy atom. The Balaban J connectivity index is 2.42. The van der Waals surface area contributed by atoms with E-state index < -0.39 is 0 Å². The normalized spacial score (nSPS) is 19.4. The predicted octanol–water partition coefficient (Wildman–Crippen LogP) is 3.23. The lowest BCUT2D eigenvalue weighted by atomic mass is 10.0. The summed E-state index contributed by atoms with van der Waals surface area (Å²) in [6, 6.07) is 4.70. The molecule has 0 saturated heterocycles. The number of rotatable bonds is 3. The molecule has 0 radical (unpaired) electrons. The maximum Gasteiger partial charge on any atom is 0.240 e. The molecule has 1 aliphatic rings. The van der Waals surface area contributed by atoms with Crippen LogP contribution in [0.1, 0.15) is 18.9 Å². The molecule has 0 aliphatic carbocycles. The Hall–Kier alpha value is -1.11. The molecule has 1 aromatic carbocycles. The molecule has 1 amide bonds. The van der Waals surface area contributed by atoms with Crippen LogP contribution in [0.5, 0.6) is 5.75 Å². The maximum absolute atomic E-state index is 14.1. The lowest BCUT2D eigenvalue weighted by molar-refractivity contribution is -0.127. The Bertz CT molecular complexity index is 530. The summed E-state index contributed by atoms with van der Waals surface area (Å²) in [7, 11) is 1.50. The lowest BCUT2D eigenvalue weighted by Crippen LogP contribution is -2.38. The third-order valence-electron chi connectivity index (χ3n) is 3.11. The fourth-order valence-electron chi connectivity index (χ4n) is 2.13. The number of ether oxygens (including phenoxy) is 1. The van der Waals surface area contributed by atoms with E-state index in [2.05, 4.69) is 22.6 Å². The fourth-order valence-corrected chi connectivity index (χ4v) is 2.72. The molecule has 1 atom stereocenters. The van der Waals surface area contributed by atoms with Crippen LogP contribution in [-0.4, -0.2) is 28.4 Å². The Labute approximate surface area is 125 Å². The number of benzene rings is 1. The highest BCUT2D eigenvalue weighted by Gasteiger charge is 2.29. The van der Waals surface area contributed by atoms with Gasteiger partial charge in [-0.15, -0.1) is 0 Å². The molecule has 1 heterocycles. The molecule has 0 N–H and O–H groups in total. The summed E-state index contributed by atoms with van der Waals surface area (Å²) in [5.74, 6) is 0.137. The van der Waals surface area contributed by atoms with Crippen LogP contribution in [0.3, 0.4) is 0 Å². The standard InChI is InChI=1S/C14H15FINO2/c1-3-17-13(7-6-12(16)14(17)18)10-5-4-9(19-2)8-11(10)15/h4-5,7-8,12H,3,6H2,1-2H3. The van der Waals surface area contributed by atoms with Gasteiger partial charge in [-0.25, -0.2) is 4.39 Å². The predicted molar refractivity (Wildman–Crippen MR) is 80.7 cm³/mol. The van der Waals surface area contributed by atoms with Crippen molar-refractivity contribution in [3.63, 3.8) is 0 Å². The maximum atomic E-state index is 14.1. The van der Waals surface area contributed by atoms with Crippen molar-refractivity contribution in [1.29, 1.82) is 0 Å². The largest absolute Gasteiger partial charge is 0.497 e. The molecular formula is C14H15FINO2. The molecule has 0 bridgehead atoms. The number of halogens is 2. The summed E-state index contributed by atoms with van der Waals surface area (Å²) in [5, 5.41) is 0. The summed E-state index contributed by atoms with van der Waals surface area (Å²) < 4.78 is 19.0. The molecule has 19 heavy (non-hydrogen) atoms. The minimum Gasteiger partial charge on any atom is -0.497 e. The second-order valence-electron chi connectivity index (χ2n) is 4.22. The van der Waals surface area contributed by atoms with Crippen molar-refractivity contribution in [2.75, 3.05) is 13.7 Å². The molecule has 1 unspecified atom stereocenters. The van der Waals surface area contributed by atoms with Crippen molar-refractivity contribution in [2.24, 2.45) is 0 Å². The summed E-state index contributed by atoms with van der Waals surface area (Å²) in [6.07, 6.45) is 2.56. The van der Waals surface area contributed by atoms with Crippen molar-refractivity contribution in [3.8, 4) is 5.75 Å². The first-order chi connectivity index (χ1) is 9.08. The Kier molecular flexibility index (Phi) is 4.44. The molecule has 2 rings (SSSR count). The zero-order chi connectivity index (χ0) is 14.0. The molecule has 1 aliphatic heterocycles. The molecule has 1 aromatic rings. The Morgan fingerprint density at radius 3 is 2.84 bits per heavy atom. The number of carbonyl (C=O) groups excluding carboxylic acids is 1. The van der Waals surface area contributed by atoms with Crippen LogP contribution in [0, 0.1) is 5.82 Å². The highest BCUT2D eigenvalue weighted by atomic mass is 127. The molecule has 0 saturated carbocycles. The lowest BCUT2D eigenvalue weighted by Gasteiger charge is -2.30. The summed E-state index contributed by atoms with van der Waals surface area (Å²) in [6.45, 7) is 2.43. The van der Waals surface area contributed by atoms with Gasteiger partial charge in [0.2, 0.25) is 5.91 Å². The highest BCUT2D eigenvalue weighted by molar-refractivity contribution is 14.1. The van der Waals surface area contributed by atoms with Crippen LogP contribution in [-0.2, 0) is 4.79 Å². The number of methoxy groups -OCH3 is 1. The van der Waals surface area contributed by atoms with Gasteiger partial charge in [-0.1, -0.05) is 28.7 Å². The van der Waals surface area contributed by atoms with E-state index in [-0.39, 0.29) is 15.6 Å². The van der Waals surface area contributed by atoms with Gasteiger partial charge in [0.1, 0.15) is 11.6 Å². The van der Waals surface area contributed by atoms with Crippen LogP contribution < -0.4 is 4.74 Å². The van der Waals surface area contributed by atoms with E-state index in [1.54, 1.807) is 17.0 Å². The van der Waals surface area contributed by atoms with Crippen LogP contribution in [0.15, 0.2) is 24.3 Å². The molecular weight excluding hydrogens is 360 g/mol. The molecule has 5 heteroatoms. The van der Waals surface area contributed by atoms with Crippen LogP contribution in [0.2, 0.25) is 0 Å². The average molecular weight is 375 g/mol. The number of alkyl halides is 1. The Morgan fingerprint density at radius 2 is 2.26 bits per heavy atom. The molecule has 102 valence electrons. The van der Waals surface area contributed by atoms with Crippen LogP contribution in [0.4, 0.5) is 4.39 Å². The van der Waals surface area contributed by atoms with E-state index >= 15 is 0 Å². The van der Waals surface area contributed by atoms with E-state index in [4.69, 9.17) is 4.74 Å². The first-order valence-electron chi connectivity index (χ1n) is 6.08. The summed E-state index contributed by atoms with van der Waals surface area (Å²) in [5.41, 5.74) is 1.10. The van der Waals surface area contributed by atoms with Gasteiger partial charge >= 0.3 is 0 Å². The van der Waals surface area contributed by atoms with Crippen molar-refractivity contribution in [2.45, 2.75) is 17.3 Å². The van der Waals surface area contributed by atoms with Crippen molar-refractivity contribution in [1.82, 2.24) is 4.90 Å². The molecule has 0 aromatic heterocycles. The topological polar surface area (TPSA) is 29.5 Å². The number of hydrogen-bond acceptors (Lipinski definition) is 2. The van der Waals surface area contributed by atoms with Gasteiger partial charge in [0.25, 0.3) is 0 Å². The zero-order valence-electron chi connectivity index (χ0n) is 10.8. The first-order valence-corrected chi connectivity index (χ1v) is 7.32. The fraction of sp³-hybridized carbons (Fsp3) is 0.357. The zero-order valence-corrected chi connectivity index (χ0v) is 13.0. The minimum atomic E-state index is -0.372.